The molecule has 0 atom stereocenters. The molecule has 0 saturated carbocycles. The third-order valence-corrected chi connectivity index (χ3v) is 3.20. The van der Waals surface area contributed by atoms with Gasteiger partial charge in [-0.15, -0.1) is 20.4 Å². The van der Waals surface area contributed by atoms with Gasteiger partial charge in [0.2, 0.25) is 16.9 Å². The Morgan fingerprint density at radius 2 is 1.95 bits per heavy atom. The second-order valence-corrected chi connectivity index (χ2v) is 5.03. The number of benzene rings is 1. The van der Waals surface area contributed by atoms with Crippen LogP contribution in [-0.4, -0.2) is 20.4 Å². The molecule has 7 heteroatoms. The molecule has 0 aliphatic heterocycles. The van der Waals surface area contributed by atoms with Gasteiger partial charge in [0.1, 0.15) is 5.01 Å². The molecule has 2 heterocycles. The summed E-state index contributed by atoms with van der Waals surface area (Å²) in [5.41, 5.74) is 0.910. The number of hydrogen-bond acceptors (Lipinski definition) is 7. The van der Waals surface area contributed by atoms with Gasteiger partial charge in [0.25, 0.3) is 0 Å². The van der Waals surface area contributed by atoms with E-state index in [0.29, 0.717) is 18.3 Å². The summed E-state index contributed by atoms with van der Waals surface area (Å²) in [5, 5.41) is 20.6. The van der Waals surface area contributed by atoms with Crippen molar-refractivity contribution < 1.29 is 4.42 Å². The zero-order valence-corrected chi connectivity index (χ0v) is 11.0. The third-order valence-electron chi connectivity index (χ3n) is 2.40. The monoisotopic (exact) mass is 273 g/mol. The first-order chi connectivity index (χ1) is 9.31. The average molecular weight is 273 g/mol. The molecule has 19 heavy (non-hydrogen) atoms. The predicted molar refractivity (Wildman–Crippen MR) is 71.7 cm³/mol. The van der Waals surface area contributed by atoms with E-state index in [1.807, 2.05) is 37.3 Å². The first kappa shape index (κ1) is 11.8. The van der Waals surface area contributed by atoms with Crippen molar-refractivity contribution >= 4 is 16.5 Å². The highest BCUT2D eigenvalue weighted by atomic mass is 32.1. The minimum Gasteiger partial charge on any atom is -0.419 e. The van der Waals surface area contributed by atoms with Crippen LogP contribution in [0.3, 0.4) is 0 Å². The molecular formula is C12H11N5OS. The van der Waals surface area contributed by atoms with E-state index in [1.54, 1.807) is 0 Å². The van der Waals surface area contributed by atoms with Gasteiger partial charge < -0.3 is 9.73 Å². The van der Waals surface area contributed by atoms with Crippen molar-refractivity contribution in [1.29, 1.82) is 0 Å². The van der Waals surface area contributed by atoms with E-state index in [0.717, 1.165) is 15.7 Å². The minimum absolute atomic E-state index is 0.439. The highest BCUT2D eigenvalue weighted by Crippen LogP contribution is 2.18. The van der Waals surface area contributed by atoms with Gasteiger partial charge in [0.05, 0.1) is 6.54 Å². The number of nitrogens with zero attached hydrogens (tertiary/aromatic N) is 4. The lowest BCUT2D eigenvalue weighted by Gasteiger charge is -1.96. The fourth-order valence-corrected chi connectivity index (χ4v) is 2.13. The molecule has 3 aromatic rings. The summed E-state index contributed by atoms with van der Waals surface area (Å²) in [6.45, 7) is 2.34. The Kier molecular flexibility index (Phi) is 3.20. The summed E-state index contributed by atoms with van der Waals surface area (Å²) in [5.74, 6) is 1.04. The van der Waals surface area contributed by atoms with Crippen molar-refractivity contribution in [1.82, 2.24) is 20.4 Å². The van der Waals surface area contributed by atoms with Crippen LogP contribution in [0.1, 0.15) is 10.9 Å². The summed E-state index contributed by atoms with van der Waals surface area (Å²) in [6.07, 6.45) is 0. The van der Waals surface area contributed by atoms with Gasteiger partial charge in [0, 0.05) is 5.56 Å². The summed E-state index contributed by atoms with van der Waals surface area (Å²) < 4.78 is 5.57. The molecule has 3 rings (SSSR count). The maximum Gasteiger partial charge on any atom is 0.247 e. The molecule has 0 aliphatic rings. The molecule has 0 bridgehead atoms. The largest absolute Gasteiger partial charge is 0.419 e. The number of aromatic nitrogens is 4. The fourth-order valence-electron chi connectivity index (χ4n) is 1.54. The van der Waals surface area contributed by atoms with Crippen LogP contribution in [0.5, 0.6) is 0 Å². The highest BCUT2D eigenvalue weighted by Gasteiger charge is 2.08. The second kappa shape index (κ2) is 5.15. The quantitative estimate of drug-likeness (QED) is 0.787. The maximum atomic E-state index is 5.57. The summed E-state index contributed by atoms with van der Waals surface area (Å²) >= 11 is 1.49. The summed E-state index contributed by atoms with van der Waals surface area (Å²) in [4.78, 5) is 0. The van der Waals surface area contributed by atoms with E-state index in [4.69, 9.17) is 4.42 Å². The van der Waals surface area contributed by atoms with E-state index in [9.17, 15) is 0 Å². The van der Waals surface area contributed by atoms with Crippen LogP contribution in [0.15, 0.2) is 34.7 Å². The van der Waals surface area contributed by atoms with Gasteiger partial charge in [-0.25, -0.2) is 0 Å². The van der Waals surface area contributed by atoms with Crippen LogP contribution >= 0.6 is 11.3 Å². The summed E-state index contributed by atoms with van der Waals surface area (Å²) in [6, 6.07) is 9.67. The van der Waals surface area contributed by atoms with E-state index in [-0.39, 0.29) is 0 Å². The topological polar surface area (TPSA) is 76.7 Å². The molecule has 0 aliphatic carbocycles. The molecule has 0 fully saturated rings. The van der Waals surface area contributed by atoms with E-state index in [2.05, 4.69) is 25.7 Å². The highest BCUT2D eigenvalue weighted by molar-refractivity contribution is 7.15. The van der Waals surface area contributed by atoms with Gasteiger partial charge in [-0.05, 0) is 19.1 Å². The molecule has 2 aromatic heterocycles. The molecule has 0 amide bonds. The fraction of sp³-hybridized carbons (Fsp3) is 0.167. The van der Waals surface area contributed by atoms with Crippen molar-refractivity contribution in [3.8, 4) is 11.5 Å². The summed E-state index contributed by atoms with van der Waals surface area (Å²) in [7, 11) is 0. The van der Waals surface area contributed by atoms with E-state index in [1.165, 1.54) is 11.3 Å². The van der Waals surface area contributed by atoms with Crippen molar-refractivity contribution in [3.05, 3.63) is 41.2 Å². The molecule has 96 valence electrons. The second-order valence-electron chi connectivity index (χ2n) is 3.85. The van der Waals surface area contributed by atoms with Crippen molar-refractivity contribution in [2.45, 2.75) is 13.5 Å². The number of hydrogen-bond donors (Lipinski definition) is 1. The molecule has 0 radical (unpaired) electrons. The number of anilines is 1. The van der Waals surface area contributed by atoms with Gasteiger partial charge in [-0.1, -0.05) is 29.5 Å². The molecule has 0 spiro atoms. The lowest BCUT2D eigenvalue weighted by molar-refractivity contribution is 0.515. The molecular weight excluding hydrogens is 262 g/mol. The van der Waals surface area contributed by atoms with Crippen molar-refractivity contribution in [2.75, 3.05) is 5.32 Å². The SMILES string of the molecule is Cc1nnc(NCc2nnc(-c3ccccc3)o2)s1. The first-order valence-corrected chi connectivity index (χ1v) is 6.55. The zero-order chi connectivity index (χ0) is 13.1. The van der Waals surface area contributed by atoms with Crippen LogP contribution < -0.4 is 5.32 Å². The van der Waals surface area contributed by atoms with E-state index >= 15 is 0 Å². The molecule has 6 nitrogen and oxygen atoms in total. The first-order valence-electron chi connectivity index (χ1n) is 5.73. The molecule has 1 N–H and O–H groups in total. The van der Waals surface area contributed by atoms with Crippen LogP contribution in [0, 0.1) is 6.92 Å². The Morgan fingerprint density at radius 1 is 1.11 bits per heavy atom. The Morgan fingerprint density at radius 3 is 2.68 bits per heavy atom. The Bertz CT molecular complexity index is 664. The Balaban J connectivity index is 1.68. The predicted octanol–water partition coefficient (Wildman–Crippen LogP) is 2.51. The smallest absolute Gasteiger partial charge is 0.247 e. The van der Waals surface area contributed by atoms with Gasteiger partial charge in [-0.2, -0.15) is 0 Å². The number of aryl methyl sites for hydroxylation is 1. The van der Waals surface area contributed by atoms with Crippen LogP contribution in [0.2, 0.25) is 0 Å². The normalized spacial score (nSPS) is 10.6. The Hall–Kier alpha value is -2.28. The van der Waals surface area contributed by atoms with Crippen LogP contribution in [0.4, 0.5) is 5.13 Å². The van der Waals surface area contributed by atoms with Crippen LogP contribution in [0.25, 0.3) is 11.5 Å². The molecule has 0 unspecified atom stereocenters. The number of nitrogens with one attached hydrogen (secondary N) is 1. The van der Waals surface area contributed by atoms with Crippen LogP contribution in [-0.2, 0) is 6.54 Å². The third kappa shape index (κ3) is 2.76. The van der Waals surface area contributed by atoms with E-state index < -0.39 is 0 Å². The van der Waals surface area contributed by atoms with Crippen molar-refractivity contribution in [3.63, 3.8) is 0 Å². The standard InChI is InChI=1S/C12H11N5OS/c1-8-14-17-12(19-8)13-7-10-15-16-11(18-10)9-5-3-2-4-6-9/h2-6H,7H2,1H3,(H,13,17). The maximum absolute atomic E-state index is 5.57. The number of rotatable bonds is 4. The van der Waals surface area contributed by atoms with Crippen molar-refractivity contribution in [2.24, 2.45) is 0 Å². The van der Waals surface area contributed by atoms with Gasteiger partial charge in [0.15, 0.2) is 0 Å². The van der Waals surface area contributed by atoms with Gasteiger partial charge in [-0.3, -0.25) is 0 Å². The molecule has 1 aromatic carbocycles. The lowest BCUT2D eigenvalue weighted by atomic mass is 10.2. The molecule has 0 saturated heterocycles. The minimum atomic E-state index is 0.439. The lowest BCUT2D eigenvalue weighted by Crippen LogP contribution is -1.99. The van der Waals surface area contributed by atoms with Gasteiger partial charge >= 0.3 is 0 Å². The average Bonchev–Trinajstić information content (AvgIpc) is 3.06. The Labute approximate surface area is 113 Å². The zero-order valence-electron chi connectivity index (χ0n) is 10.2.